The molecule has 2 heterocycles. The van der Waals surface area contributed by atoms with E-state index in [-0.39, 0.29) is 6.61 Å². The van der Waals surface area contributed by atoms with E-state index in [0.29, 0.717) is 30.2 Å². The average molecular weight is 399 g/mol. The smallest absolute Gasteiger partial charge is 0.339 e. The van der Waals surface area contributed by atoms with Gasteiger partial charge in [-0.1, -0.05) is 41.7 Å². The number of carbonyl (C=O) groups excluding carboxylic acids is 1. The summed E-state index contributed by atoms with van der Waals surface area (Å²) >= 11 is 1.59. The van der Waals surface area contributed by atoms with E-state index in [9.17, 15) is 9.90 Å². The van der Waals surface area contributed by atoms with Gasteiger partial charge in [-0.15, -0.1) is 0 Å². The predicted molar refractivity (Wildman–Crippen MR) is 106 cm³/mol. The zero-order chi connectivity index (χ0) is 20.1. The molecule has 8 heteroatoms. The Morgan fingerprint density at radius 1 is 1.32 bits per heavy atom. The maximum absolute atomic E-state index is 12.0. The maximum Gasteiger partial charge on any atom is 0.339 e. The Morgan fingerprint density at radius 2 is 2.07 bits per heavy atom. The van der Waals surface area contributed by atoms with Gasteiger partial charge < -0.3 is 15.6 Å². The molecule has 0 aliphatic rings. The van der Waals surface area contributed by atoms with Crippen LogP contribution < -0.4 is 10.3 Å². The van der Waals surface area contributed by atoms with E-state index in [2.05, 4.69) is 14.5 Å². The molecule has 0 fully saturated rings. The molecule has 28 heavy (non-hydrogen) atoms. The number of benzene rings is 1. The third-order valence-corrected chi connectivity index (χ3v) is 5.57. The van der Waals surface area contributed by atoms with Crippen molar-refractivity contribution in [2.24, 2.45) is 0 Å². The second-order valence-corrected chi connectivity index (χ2v) is 7.36. The lowest BCUT2D eigenvalue weighted by Crippen LogP contribution is -2.35. The Labute approximate surface area is 167 Å². The van der Waals surface area contributed by atoms with Crippen LogP contribution in [0, 0.1) is 13.8 Å². The number of aliphatic hydroxyl groups excluding tert-OH is 1. The van der Waals surface area contributed by atoms with Crippen LogP contribution in [0.2, 0.25) is 0 Å². The van der Waals surface area contributed by atoms with Gasteiger partial charge in [-0.2, -0.15) is 4.57 Å². The molecule has 3 rings (SSSR count). The molecule has 0 saturated heterocycles. The molecule has 0 saturated carbocycles. The lowest BCUT2D eigenvalue weighted by Gasteiger charge is -2.10. The molecule has 0 amide bonds. The molecule has 0 aliphatic carbocycles. The number of nitrogens with two attached hydrogens (primary N) is 1. The summed E-state index contributed by atoms with van der Waals surface area (Å²) in [6, 6.07) is 8.75. The van der Waals surface area contributed by atoms with Crippen LogP contribution in [0.1, 0.15) is 33.6 Å². The Morgan fingerprint density at radius 3 is 2.79 bits per heavy atom. The van der Waals surface area contributed by atoms with Crippen LogP contribution >= 0.6 is 11.3 Å². The first kappa shape index (κ1) is 19.9. The normalized spacial score (nSPS) is 12.0. The number of esters is 1. The molecule has 0 spiro atoms. The number of ether oxygens (including phenoxy) is 1. The van der Waals surface area contributed by atoms with E-state index in [1.165, 1.54) is 0 Å². The minimum Gasteiger partial charge on any atom is -0.463 e. The third-order valence-electron chi connectivity index (χ3n) is 4.43. The van der Waals surface area contributed by atoms with Crippen molar-refractivity contribution in [3.8, 4) is 0 Å². The van der Waals surface area contributed by atoms with Gasteiger partial charge in [0, 0.05) is 19.5 Å². The molecule has 7 nitrogen and oxygen atoms in total. The van der Waals surface area contributed by atoms with Gasteiger partial charge in [0.05, 0.1) is 17.0 Å². The molecule has 146 valence electrons. The van der Waals surface area contributed by atoms with Gasteiger partial charge >= 0.3 is 5.97 Å². The molecule has 1 atom stereocenters. The molecule has 1 unspecified atom stereocenters. The van der Waals surface area contributed by atoms with E-state index in [1.54, 1.807) is 48.7 Å². The van der Waals surface area contributed by atoms with Crippen LogP contribution in [0.15, 0.2) is 42.0 Å². The van der Waals surface area contributed by atoms with Crippen molar-refractivity contribution in [1.29, 1.82) is 0 Å². The zero-order valence-corrected chi connectivity index (χ0v) is 16.6. The lowest BCUT2D eigenvalue weighted by atomic mass is 10.1. The Bertz CT molecular complexity index is 959. The summed E-state index contributed by atoms with van der Waals surface area (Å²) in [6.07, 6.45) is 1.06. The number of nitrogen functional groups attached to an aromatic ring is 1. The number of rotatable bonds is 7. The summed E-state index contributed by atoms with van der Waals surface area (Å²) in [4.78, 5) is 21.5. The van der Waals surface area contributed by atoms with Gasteiger partial charge in [-0.05, 0) is 12.5 Å². The summed E-state index contributed by atoms with van der Waals surface area (Å²) < 4.78 is 7.32. The summed E-state index contributed by atoms with van der Waals surface area (Å²) in [5, 5.41) is 10.1. The SMILES string of the molecule is Cc1ncc(C[n+]2csc(CCOC(=O)C(O)c3ccccc3)c2C)c(N)n1. The molecule has 3 N–H and O–H groups in total. The first-order valence-corrected chi connectivity index (χ1v) is 9.77. The quantitative estimate of drug-likeness (QED) is 0.465. The summed E-state index contributed by atoms with van der Waals surface area (Å²) in [7, 11) is 0. The largest absolute Gasteiger partial charge is 0.463 e. The lowest BCUT2D eigenvalue weighted by molar-refractivity contribution is -0.689. The van der Waals surface area contributed by atoms with Gasteiger partial charge in [0.25, 0.3) is 0 Å². The van der Waals surface area contributed by atoms with Crippen molar-refractivity contribution >= 4 is 23.1 Å². The second kappa shape index (κ2) is 8.90. The molecular weight excluding hydrogens is 376 g/mol. The molecule has 2 aromatic heterocycles. The van der Waals surface area contributed by atoms with Gasteiger partial charge in [-0.3, -0.25) is 0 Å². The molecule has 0 radical (unpaired) electrons. The predicted octanol–water partition coefficient (Wildman–Crippen LogP) is 1.89. The monoisotopic (exact) mass is 399 g/mol. The van der Waals surface area contributed by atoms with Crippen LogP contribution in [-0.2, 0) is 22.5 Å². The maximum atomic E-state index is 12.0. The van der Waals surface area contributed by atoms with Crippen molar-refractivity contribution in [2.45, 2.75) is 32.9 Å². The number of hydrogen-bond acceptors (Lipinski definition) is 7. The van der Waals surface area contributed by atoms with E-state index in [1.807, 2.05) is 18.5 Å². The fourth-order valence-corrected chi connectivity index (χ4v) is 3.74. The standard InChI is InChI=1S/C20H23N4O3S/c1-13-17(8-9-27-20(26)18(25)15-6-4-3-5-7-15)28-12-24(13)11-16-10-22-14(2)23-19(16)21/h3-7,10,12,18,25H,8-9,11H2,1-2H3,(H2,21,22,23)/q+1. The molecule has 0 bridgehead atoms. The number of aliphatic hydroxyl groups is 1. The molecule has 1 aromatic carbocycles. The van der Waals surface area contributed by atoms with Crippen molar-refractivity contribution in [3.05, 3.63) is 69.6 Å². The van der Waals surface area contributed by atoms with Crippen molar-refractivity contribution in [3.63, 3.8) is 0 Å². The second-order valence-electron chi connectivity index (χ2n) is 6.42. The van der Waals surface area contributed by atoms with Crippen LogP contribution in [-0.4, -0.2) is 27.7 Å². The van der Waals surface area contributed by atoms with Crippen LogP contribution in [0.5, 0.6) is 0 Å². The topological polar surface area (TPSA) is 102 Å². The highest BCUT2D eigenvalue weighted by molar-refractivity contribution is 7.09. The van der Waals surface area contributed by atoms with E-state index in [4.69, 9.17) is 10.5 Å². The molecular formula is C20H23N4O3S+. The van der Waals surface area contributed by atoms with E-state index >= 15 is 0 Å². The zero-order valence-electron chi connectivity index (χ0n) is 15.8. The van der Waals surface area contributed by atoms with Crippen molar-refractivity contribution in [1.82, 2.24) is 9.97 Å². The Hall–Kier alpha value is -2.84. The first-order chi connectivity index (χ1) is 13.5. The van der Waals surface area contributed by atoms with Crippen LogP contribution in [0.25, 0.3) is 0 Å². The number of carbonyl (C=O) groups is 1. The van der Waals surface area contributed by atoms with E-state index < -0.39 is 12.1 Å². The third kappa shape index (κ3) is 4.71. The summed E-state index contributed by atoms with van der Waals surface area (Å²) in [5.41, 5.74) is 10.4. The van der Waals surface area contributed by atoms with Gasteiger partial charge in [0.1, 0.15) is 11.6 Å². The average Bonchev–Trinajstić information content (AvgIpc) is 3.03. The van der Waals surface area contributed by atoms with Gasteiger partial charge in [0.2, 0.25) is 5.51 Å². The fourth-order valence-electron chi connectivity index (χ4n) is 2.76. The Balaban J connectivity index is 1.56. The number of nitrogens with zero attached hydrogens (tertiary/aromatic N) is 3. The number of aryl methyl sites for hydroxylation is 1. The van der Waals surface area contributed by atoms with Crippen LogP contribution in [0.3, 0.4) is 0 Å². The van der Waals surface area contributed by atoms with Crippen LogP contribution in [0.4, 0.5) is 5.82 Å². The summed E-state index contributed by atoms with van der Waals surface area (Å²) in [5.74, 6) is 0.488. The minimum absolute atomic E-state index is 0.208. The first-order valence-electron chi connectivity index (χ1n) is 8.89. The van der Waals surface area contributed by atoms with E-state index in [0.717, 1.165) is 16.1 Å². The number of anilines is 1. The highest BCUT2D eigenvalue weighted by atomic mass is 32.1. The van der Waals surface area contributed by atoms with Crippen molar-refractivity contribution in [2.75, 3.05) is 12.3 Å². The number of thiazole rings is 1. The number of hydrogen-bond donors (Lipinski definition) is 2. The minimum atomic E-state index is -1.26. The highest BCUT2D eigenvalue weighted by Crippen LogP contribution is 2.16. The van der Waals surface area contributed by atoms with Gasteiger partial charge in [-0.25, -0.2) is 14.8 Å². The van der Waals surface area contributed by atoms with Crippen molar-refractivity contribution < 1.29 is 19.2 Å². The summed E-state index contributed by atoms with van der Waals surface area (Å²) in [6.45, 7) is 4.61. The number of aromatic nitrogens is 3. The fraction of sp³-hybridized carbons (Fsp3) is 0.300. The Kier molecular flexibility index (Phi) is 6.33. The molecule has 3 aromatic rings. The molecule has 0 aliphatic heterocycles. The van der Waals surface area contributed by atoms with Gasteiger partial charge in [0.15, 0.2) is 18.3 Å². The highest BCUT2D eigenvalue weighted by Gasteiger charge is 2.21.